The molecule has 3 atom stereocenters. The fourth-order valence-electron chi connectivity index (χ4n) is 3.67. The van der Waals surface area contributed by atoms with Gasteiger partial charge in [0.1, 0.15) is 0 Å². The summed E-state index contributed by atoms with van der Waals surface area (Å²) in [5, 5.41) is 0. The van der Waals surface area contributed by atoms with Crippen molar-refractivity contribution >= 4 is 0 Å². The average Bonchev–Trinajstić information content (AvgIpc) is 2.77. The van der Waals surface area contributed by atoms with Gasteiger partial charge in [0.2, 0.25) is 0 Å². The fourth-order valence-corrected chi connectivity index (χ4v) is 3.67. The molecule has 0 aromatic rings. The summed E-state index contributed by atoms with van der Waals surface area (Å²) in [5.74, 6) is 0.951. The summed E-state index contributed by atoms with van der Waals surface area (Å²) in [7, 11) is 0. The van der Waals surface area contributed by atoms with E-state index in [2.05, 4.69) is 24.5 Å². The van der Waals surface area contributed by atoms with Gasteiger partial charge in [-0.25, -0.2) is 0 Å². The molecule has 0 aromatic heterocycles. The van der Waals surface area contributed by atoms with Crippen LogP contribution in [-0.4, -0.2) is 23.5 Å². The summed E-state index contributed by atoms with van der Waals surface area (Å²) in [6, 6.07) is 1.84. The monoisotopic (exact) mass is 221 g/mol. The van der Waals surface area contributed by atoms with Crippen LogP contribution in [0.15, 0.2) is 12.7 Å². The van der Waals surface area contributed by atoms with Gasteiger partial charge >= 0.3 is 0 Å². The van der Waals surface area contributed by atoms with E-state index in [4.69, 9.17) is 0 Å². The number of hydrogen-bond acceptors (Lipinski definition) is 1. The lowest BCUT2D eigenvalue weighted by atomic mass is 9.85. The third-order valence-corrected chi connectivity index (χ3v) is 4.62. The molecule has 2 saturated heterocycles. The summed E-state index contributed by atoms with van der Waals surface area (Å²) in [5.41, 5.74) is 0. The van der Waals surface area contributed by atoms with E-state index in [0.717, 1.165) is 18.0 Å². The first-order valence-electron chi connectivity index (χ1n) is 7.19. The lowest BCUT2D eigenvalue weighted by molar-refractivity contribution is 0.0752. The SMILES string of the molecule is C=CCCCC[C@H]1CC[C@H](C)[C@H]2CCCN12. The van der Waals surface area contributed by atoms with Crippen molar-refractivity contribution in [3.63, 3.8) is 0 Å². The van der Waals surface area contributed by atoms with Crippen LogP contribution in [0, 0.1) is 5.92 Å². The Bertz CT molecular complexity index is 223. The maximum atomic E-state index is 3.80. The van der Waals surface area contributed by atoms with E-state index in [9.17, 15) is 0 Å². The van der Waals surface area contributed by atoms with Gasteiger partial charge in [0, 0.05) is 12.1 Å². The molecule has 2 rings (SSSR count). The number of hydrogen-bond donors (Lipinski definition) is 0. The van der Waals surface area contributed by atoms with E-state index in [1.54, 1.807) is 0 Å². The maximum Gasteiger partial charge on any atom is 0.0124 e. The molecule has 2 aliphatic rings. The van der Waals surface area contributed by atoms with E-state index in [-0.39, 0.29) is 0 Å². The molecule has 2 aliphatic heterocycles. The van der Waals surface area contributed by atoms with Gasteiger partial charge in [-0.15, -0.1) is 6.58 Å². The maximum absolute atomic E-state index is 3.80. The largest absolute Gasteiger partial charge is 0.297 e. The lowest BCUT2D eigenvalue weighted by Gasteiger charge is -2.41. The van der Waals surface area contributed by atoms with E-state index in [0.29, 0.717) is 0 Å². The zero-order chi connectivity index (χ0) is 11.4. The van der Waals surface area contributed by atoms with Crippen molar-refractivity contribution in [1.82, 2.24) is 4.90 Å². The van der Waals surface area contributed by atoms with Gasteiger partial charge in [-0.3, -0.25) is 4.90 Å². The number of fused-ring (bicyclic) bond motifs is 1. The molecule has 16 heavy (non-hydrogen) atoms. The first-order valence-corrected chi connectivity index (χ1v) is 7.19. The van der Waals surface area contributed by atoms with E-state index in [1.807, 2.05) is 0 Å². The van der Waals surface area contributed by atoms with Crippen molar-refractivity contribution in [3.8, 4) is 0 Å². The number of rotatable bonds is 5. The number of nitrogens with zero attached hydrogens (tertiary/aromatic N) is 1. The molecular formula is C15H27N. The number of unbranched alkanes of at least 4 members (excludes halogenated alkanes) is 2. The van der Waals surface area contributed by atoms with Crippen molar-refractivity contribution in [3.05, 3.63) is 12.7 Å². The first-order chi connectivity index (χ1) is 7.83. The molecule has 0 aromatic carbocycles. The smallest absolute Gasteiger partial charge is 0.0124 e. The van der Waals surface area contributed by atoms with Crippen LogP contribution in [0.4, 0.5) is 0 Å². The molecule has 1 nitrogen and oxygen atoms in total. The molecule has 0 saturated carbocycles. The molecule has 2 fully saturated rings. The van der Waals surface area contributed by atoms with Gasteiger partial charge in [-0.2, -0.15) is 0 Å². The van der Waals surface area contributed by atoms with E-state index < -0.39 is 0 Å². The van der Waals surface area contributed by atoms with Crippen LogP contribution < -0.4 is 0 Å². The molecular weight excluding hydrogens is 194 g/mol. The van der Waals surface area contributed by atoms with Gasteiger partial charge in [0.05, 0.1) is 0 Å². The summed E-state index contributed by atoms with van der Waals surface area (Å²) in [4.78, 5) is 2.84. The number of allylic oxidation sites excluding steroid dienone is 1. The topological polar surface area (TPSA) is 3.24 Å². The Morgan fingerprint density at radius 1 is 1.25 bits per heavy atom. The van der Waals surface area contributed by atoms with Crippen LogP contribution >= 0.6 is 0 Å². The van der Waals surface area contributed by atoms with Crippen molar-refractivity contribution < 1.29 is 0 Å². The van der Waals surface area contributed by atoms with E-state index in [1.165, 1.54) is 57.9 Å². The van der Waals surface area contributed by atoms with Gasteiger partial charge < -0.3 is 0 Å². The zero-order valence-corrected chi connectivity index (χ0v) is 10.8. The minimum Gasteiger partial charge on any atom is -0.297 e. The Kier molecular flexibility index (Phi) is 4.45. The predicted molar refractivity (Wildman–Crippen MR) is 70.6 cm³/mol. The highest BCUT2D eigenvalue weighted by atomic mass is 15.2. The standard InChI is InChI=1S/C15H27N/c1-3-4-5-6-8-14-11-10-13(2)15-9-7-12-16(14)15/h3,13-15H,1,4-12H2,2H3/t13-,14-,15+/m0/s1. The Labute approximate surface area is 101 Å². The van der Waals surface area contributed by atoms with Crippen molar-refractivity contribution in [1.29, 1.82) is 0 Å². The fraction of sp³-hybridized carbons (Fsp3) is 0.867. The second kappa shape index (κ2) is 5.86. The summed E-state index contributed by atoms with van der Waals surface area (Å²) in [6.45, 7) is 7.63. The highest BCUT2D eigenvalue weighted by Gasteiger charge is 2.37. The van der Waals surface area contributed by atoms with Gasteiger partial charge in [0.25, 0.3) is 0 Å². The summed E-state index contributed by atoms with van der Waals surface area (Å²) in [6.07, 6.45) is 13.2. The average molecular weight is 221 g/mol. The van der Waals surface area contributed by atoms with Crippen LogP contribution in [0.1, 0.15) is 58.3 Å². The molecule has 0 bridgehead atoms. The van der Waals surface area contributed by atoms with Crippen molar-refractivity contribution in [2.75, 3.05) is 6.54 Å². The Morgan fingerprint density at radius 2 is 2.12 bits per heavy atom. The second-order valence-electron chi connectivity index (χ2n) is 5.73. The highest BCUT2D eigenvalue weighted by Crippen LogP contribution is 2.36. The van der Waals surface area contributed by atoms with Crippen LogP contribution in [0.2, 0.25) is 0 Å². The normalized spacial score (nSPS) is 34.9. The molecule has 2 heterocycles. The Morgan fingerprint density at radius 3 is 2.94 bits per heavy atom. The Hall–Kier alpha value is -0.300. The van der Waals surface area contributed by atoms with Crippen LogP contribution in [-0.2, 0) is 0 Å². The molecule has 0 aliphatic carbocycles. The minimum absolute atomic E-state index is 0.911. The van der Waals surface area contributed by atoms with Crippen molar-refractivity contribution in [2.45, 2.75) is 70.4 Å². The van der Waals surface area contributed by atoms with Gasteiger partial charge in [0.15, 0.2) is 0 Å². The molecule has 0 N–H and O–H groups in total. The molecule has 0 spiro atoms. The summed E-state index contributed by atoms with van der Waals surface area (Å²) < 4.78 is 0. The molecule has 1 heteroatoms. The van der Waals surface area contributed by atoms with Crippen LogP contribution in [0.3, 0.4) is 0 Å². The second-order valence-corrected chi connectivity index (χ2v) is 5.73. The molecule has 0 amide bonds. The van der Waals surface area contributed by atoms with Gasteiger partial charge in [-0.05, 0) is 57.4 Å². The van der Waals surface area contributed by atoms with Gasteiger partial charge in [-0.1, -0.05) is 19.4 Å². The minimum atomic E-state index is 0.911. The quantitative estimate of drug-likeness (QED) is 0.501. The van der Waals surface area contributed by atoms with Crippen LogP contribution in [0.5, 0.6) is 0 Å². The zero-order valence-electron chi connectivity index (χ0n) is 10.8. The van der Waals surface area contributed by atoms with Crippen LogP contribution in [0.25, 0.3) is 0 Å². The van der Waals surface area contributed by atoms with E-state index >= 15 is 0 Å². The third-order valence-electron chi connectivity index (χ3n) is 4.62. The Balaban J connectivity index is 1.78. The molecule has 92 valence electrons. The summed E-state index contributed by atoms with van der Waals surface area (Å²) >= 11 is 0. The first kappa shape index (κ1) is 12.2. The van der Waals surface area contributed by atoms with Crippen molar-refractivity contribution in [2.24, 2.45) is 5.92 Å². The highest BCUT2D eigenvalue weighted by molar-refractivity contribution is 4.92. The molecule has 0 radical (unpaired) electrons. The molecule has 0 unspecified atom stereocenters. The predicted octanol–water partition coefficient (Wildman–Crippen LogP) is 4.00. The lowest BCUT2D eigenvalue weighted by Crippen LogP contribution is -2.46. The number of piperidine rings is 1. The third kappa shape index (κ3) is 2.68.